The minimum Gasteiger partial charge on any atom is -0.452 e. The van der Waals surface area contributed by atoms with E-state index in [0.717, 1.165) is 12.8 Å². The molecule has 1 aromatic carbocycles. The zero-order chi connectivity index (χ0) is 20.0. The lowest BCUT2D eigenvalue weighted by Crippen LogP contribution is -2.40. The summed E-state index contributed by atoms with van der Waals surface area (Å²) in [6.45, 7) is 8.98. The number of esters is 1. The third-order valence-corrected chi connectivity index (χ3v) is 5.12. The summed E-state index contributed by atoms with van der Waals surface area (Å²) in [6.07, 6.45) is 1.79. The molecule has 0 aromatic heterocycles. The van der Waals surface area contributed by atoms with Crippen molar-refractivity contribution in [2.24, 2.45) is 0 Å². The van der Waals surface area contributed by atoms with Gasteiger partial charge < -0.3 is 10.1 Å². The smallest absolute Gasteiger partial charge is 0.338 e. The van der Waals surface area contributed by atoms with Gasteiger partial charge in [0.1, 0.15) is 0 Å². The lowest BCUT2D eigenvalue weighted by atomic mass is 10.1. The largest absolute Gasteiger partial charge is 0.452 e. The quantitative estimate of drug-likeness (QED) is 0.528. The number of hydrogen-bond acceptors (Lipinski definition) is 5. The molecule has 0 aliphatic heterocycles. The van der Waals surface area contributed by atoms with Gasteiger partial charge in [0, 0.05) is 12.1 Å². The Morgan fingerprint density at radius 2 is 1.85 bits per heavy atom. The Morgan fingerprint density at radius 3 is 2.42 bits per heavy atom. The third kappa shape index (κ3) is 7.13. The molecule has 0 aliphatic carbocycles. The number of aryl methyl sites for hydroxylation is 1. The highest BCUT2D eigenvalue weighted by Crippen LogP contribution is 2.18. The first kappa shape index (κ1) is 22.1. The maximum Gasteiger partial charge on any atom is 0.338 e. The highest BCUT2D eigenvalue weighted by Gasteiger charge is 2.24. The molecule has 146 valence electrons. The van der Waals surface area contributed by atoms with Crippen LogP contribution in [0.2, 0.25) is 0 Å². The second-order valence-electron chi connectivity index (χ2n) is 7.11. The molecular weight excluding hydrogens is 356 g/mol. The average Bonchev–Trinajstić information content (AvgIpc) is 2.50. The predicted molar refractivity (Wildman–Crippen MR) is 99.5 cm³/mol. The van der Waals surface area contributed by atoms with Crippen LogP contribution >= 0.6 is 0 Å². The zero-order valence-corrected chi connectivity index (χ0v) is 16.8. The molecule has 0 bridgehead atoms. The topological polar surface area (TPSA) is 102 Å². The number of unbranched alkanes of at least 4 members (excludes halogenated alkanes) is 1. The van der Waals surface area contributed by atoms with E-state index >= 15 is 0 Å². The number of carbonyl (C=O) groups excluding carboxylic acids is 2. The monoisotopic (exact) mass is 384 g/mol. The standard InChI is InChI=1S/C18H28N2O5S/c1-6-7-10-19-16(21)12-25-17(22)15-11-14(9-8-13(15)2)26(23,24)20-18(3,4)5/h8-9,11,20H,6-7,10,12H2,1-5H3,(H,19,21). The number of sulfonamides is 1. The molecule has 7 nitrogen and oxygen atoms in total. The summed E-state index contributed by atoms with van der Waals surface area (Å²) in [7, 11) is -3.77. The number of benzene rings is 1. The van der Waals surface area contributed by atoms with E-state index in [4.69, 9.17) is 4.74 Å². The highest BCUT2D eigenvalue weighted by molar-refractivity contribution is 7.89. The molecule has 0 fully saturated rings. The Hall–Kier alpha value is -1.93. The van der Waals surface area contributed by atoms with Crippen molar-refractivity contribution < 1.29 is 22.7 Å². The van der Waals surface area contributed by atoms with Gasteiger partial charge in [-0.15, -0.1) is 0 Å². The molecule has 1 amide bonds. The average molecular weight is 384 g/mol. The summed E-state index contributed by atoms with van der Waals surface area (Å²) in [4.78, 5) is 23.8. The SMILES string of the molecule is CCCCNC(=O)COC(=O)c1cc(S(=O)(=O)NC(C)(C)C)ccc1C. The van der Waals surface area contributed by atoms with Crippen LogP contribution in [0.15, 0.2) is 23.1 Å². The first-order chi connectivity index (χ1) is 12.0. The summed E-state index contributed by atoms with van der Waals surface area (Å²) in [5.41, 5.74) is 0.0280. The van der Waals surface area contributed by atoms with Crippen LogP contribution in [0.5, 0.6) is 0 Å². The molecule has 8 heteroatoms. The van der Waals surface area contributed by atoms with Crippen LogP contribution in [-0.2, 0) is 19.6 Å². The number of amides is 1. The number of hydrogen-bond donors (Lipinski definition) is 2. The number of rotatable bonds is 8. The molecule has 0 saturated heterocycles. The summed E-state index contributed by atoms with van der Waals surface area (Å²) in [6, 6.07) is 4.23. The molecule has 26 heavy (non-hydrogen) atoms. The van der Waals surface area contributed by atoms with Crippen LogP contribution in [0, 0.1) is 6.92 Å². The van der Waals surface area contributed by atoms with E-state index in [0.29, 0.717) is 12.1 Å². The van der Waals surface area contributed by atoms with Crippen LogP contribution in [0.4, 0.5) is 0 Å². The number of carbonyl (C=O) groups is 2. The Labute approximate surface area is 155 Å². The lowest BCUT2D eigenvalue weighted by Gasteiger charge is -2.20. The Kier molecular flexibility index (Phi) is 7.77. The van der Waals surface area contributed by atoms with Gasteiger partial charge in [0.05, 0.1) is 10.5 Å². The van der Waals surface area contributed by atoms with Crippen molar-refractivity contribution in [3.05, 3.63) is 29.3 Å². The van der Waals surface area contributed by atoms with Crippen molar-refractivity contribution >= 4 is 21.9 Å². The second-order valence-corrected chi connectivity index (χ2v) is 8.79. The van der Waals surface area contributed by atoms with Crippen LogP contribution < -0.4 is 10.0 Å². The second kappa shape index (κ2) is 9.14. The molecule has 0 saturated carbocycles. The van der Waals surface area contributed by atoms with Gasteiger partial charge in [-0.1, -0.05) is 19.4 Å². The van der Waals surface area contributed by atoms with Crippen molar-refractivity contribution in [3.63, 3.8) is 0 Å². The fourth-order valence-corrected chi connectivity index (χ4v) is 3.56. The third-order valence-electron chi connectivity index (χ3n) is 3.37. The maximum atomic E-state index is 12.4. The fourth-order valence-electron chi connectivity index (χ4n) is 2.11. The van der Waals surface area contributed by atoms with Crippen LogP contribution in [0.3, 0.4) is 0 Å². The van der Waals surface area contributed by atoms with Crippen molar-refractivity contribution in [2.75, 3.05) is 13.2 Å². The van der Waals surface area contributed by atoms with Gasteiger partial charge in [-0.2, -0.15) is 0 Å². The molecule has 0 unspecified atom stereocenters. The summed E-state index contributed by atoms with van der Waals surface area (Å²) < 4.78 is 32.4. The van der Waals surface area contributed by atoms with E-state index in [1.165, 1.54) is 18.2 Å². The van der Waals surface area contributed by atoms with E-state index in [2.05, 4.69) is 10.0 Å². The molecule has 1 aromatic rings. The van der Waals surface area contributed by atoms with Gasteiger partial charge in [-0.3, -0.25) is 4.79 Å². The van der Waals surface area contributed by atoms with E-state index in [1.807, 2.05) is 6.92 Å². The molecule has 1 rings (SSSR count). The molecule has 0 spiro atoms. The van der Waals surface area contributed by atoms with Gasteiger partial charge in [0.15, 0.2) is 6.61 Å². The zero-order valence-electron chi connectivity index (χ0n) is 16.0. The van der Waals surface area contributed by atoms with Crippen molar-refractivity contribution in [1.82, 2.24) is 10.0 Å². The predicted octanol–water partition coefficient (Wildman–Crippen LogP) is 2.14. The minimum atomic E-state index is -3.77. The summed E-state index contributed by atoms with van der Waals surface area (Å²) in [5, 5.41) is 2.64. The molecule has 0 heterocycles. The molecule has 0 aliphatic rings. The molecule has 2 N–H and O–H groups in total. The minimum absolute atomic E-state index is 0.0302. The maximum absolute atomic E-state index is 12.4. The fraction of sp³-hybridized carbons (Fsp3) is 0.556. The number of nitrogens with one attached hydrogen (secondary N) is 2. The van der Waals surface area contributed by atoms with E-state index in [9.17, 15) is 18.0 Å². The molecular formula is C18H28N2O5S. The van der Waals surface area contributed by atoms with Crippen molar-refractivity contribution in [3.8, 4) is 0 Å². The summed E-state index contributed by atoms with van der Waals surface area (Å²) >= 11 is 0. The van der Waals surface area contributed by atoms with Crippen molar-refractivity contribution in [2.45, 2.75) is 57.9 Å². The van der Waals surface area contributed by atoms with Crippen LogP contribution in [0.1, 0.15) is 56.5 Å². The normalized spacial score (nSPS) is 11.9. The van der Waals surface area contributed by atoms with E-state index < -0.39 is 28.1 Å². The molecule has 0 radical (unpaired) electrons. The Bertz CT molecular complexity index is 751. The van der Waals surface area contributed by atoms with Gasteiger partial charge >= 0.3 is 5.97 Å². The van der Waals surface area contributed by atoms with Crippen LogP contribution in [0.25, 0.3) is 0 Å². The van der Waals surface area contributed by atoms with E-state index in [-0.39, 0.29) is 16.4 Å². The molecule has 0 atom stereocenters. The van der Waals surface area contributed by atoms with Crippen molar-refractivity contribution in [1.29, 1.82) is 0 Å². The lowest BCUT2D eigenvalue weighted by molar-refractivity contribution is -0.124. The first-order valence-electron chi connectivity index (χ1n) is 8.54. The first-order valence-corrected chi connectivity index (χ1v) is 10.0. The van der Waals surface area contributed by atoms with Gasteiger partial charge in [0.2, 0.25) is 10.0 Å². The van der Waals surface area contributed by atoms with E-state index in [1.54, 1.807) is 27.7 Å². The van der Waals surface area contributed by atoms with Crippen LogP contribution in [-0.4, -0.2) is 39.0 Å². The van der Waals surface area contributed by atoms with Gasteiger partial charge in [0.25, 0.3) is 5.91 Å². The highest BCUT2D eigenvalue weighted by atomic mass is 32.2. The Balaban J connectivity index is 2.87. The Morgan fingerprint density at radius 1 is 1.19 bits per heavy atom. The summed E-state index contributed by atoms with van der Waals surface area (Å²) in [5.74, 6) is -1.12. The van der Waals surface area contributed by atoms with Gasteiger partial charge in [-0.05, 0) is 51.8 Å². The van der Waals surface area contributed by atoms with Gasteiger partial charge in [-0.25, -0.2) is 17.9 Å². The number of ether oxygens (including phenoxy) is 1.